The minimum Gasteiger partial charge on any atom is -0.492 e. The van der Waals surface area contributed by atoms with Crippen LogP contribution in [0.4, 0.5) is 36.2 Å². The van der Waals surface area contributed by atoms with Gasteiger partial charge in [0.05, 0.1) is 21.8 Å². The van der Waals surface area contributed by atoms with Gasteiger partial charge in [0.15, 0.2) is 0 Å². The summed E-state index contributed by atoms with van der Waals surface area (Å²) in [6.07, 6.45) is -0.248. The Morgan fingerprint density at radius 2 is 1.74 bits per heavy atom. The number of aryl methyl sites for hydroxylation is 1. The first kappa shape index (κ1) is 32.3. The molecule has 47 heavy (non-hydrogen) atoms. The number of amides is 2. The first-order valence-electron chi connectivity index (χ1n) is 15.2. The number of hydrogen-bond donors (Lipinski definition) is 2. The van der Waals surface area contributed by atoms with Gasteiger partial charge in [0.25, 0.3) is 11.8 Å². The number of ether oxygens (including phenoxy) is 1. The Bertz CT molecular complexity index is 1800. The van der Waals surface area contributed by atoms with Crippen molar-refractivity contribution < 1.29 is 27.5 Å². The van der Waals surface area contributed by atoms with E-state index in [1.807, 2.05) is 31.2 Å². The molecule has 4 aromatic rings. The van der Waals surface area contributed by atoms with E-state index in [-0.39, 0.29) is 11.5 Å². The fraction of sp³-hybridized carbons (Fsp3) is 0.294. The van der Waals surface area contributed by atoms with Gasteiger partial charge in [-0.05, 0) is 93.0 Å². The lowest BCUT2D eigenvalue weighted by molar-refractivity contribution is -0.137. The molecule has 2 aliphatic rings. The first-order chi connectivity index (χ1) is 22.5. The quantitative estimate of drug-likeness (QED) is 0.196. The number of rotatable bonds is 9. The van der Waals surface area contributed by atoms with Crippen molar-refractivity contribution in [1.29, 1.82) is 0 Å². The van der Waals surface area contributed by atoms with Gasteiger partial charge in [-0.2, -0.15) is 13.2 Å². The summed E-state index contributed by atoms with van der Waals surface area (Å²) in [6, 6.07) is 15.5. The third kappa shape index (κ3) is 7.50. The molecule has 0 spiro atoms. The van der Waals surface area contributed by atoms with Crippen LogP contribution in [0.15, 0.2) is 66.9 Å². The first-order valence-corrected chi connectivity index (χ1v) is 15.6. The lowest BCUT2D eigenvalue weighted by atomic mass is 10.0. The summed E-state index contributed by atoms with van der Waals surface area (Å²) in [5, 5.41) is 5.31. The van der Waals surface area contributed by atoms with Crippen LogP contribution >= 0.6 is 11.6 Å². The average Bonchev–Trinajstić information content (AvgIpc) is 3.56. The van der Waals surface area contributed by atoms with E-state index < -0.39 is 22.7 Å². The maximum absolute atomic E-state index is 13.6. The number of benzene rings is 3. The highest BCUT2D eigenvalue weighted by Gasteiger charge is 2.34. The van der Waals surface area contributed by atoms with Crippen molar-refractivity contribution in [1.82, 2.24) is 14.9 Å². The Hall–Kier alpha value is -4.68. The minimum absolute atomic E-state index is 0.203. The molecule has 244 valence electrons. The van der Waals surface area contributed by atoms with E-state index in [0.29, 0.717) is 54.2 Å². The third-order valence-corrected chi connectivity index (χ3v) is 8.52. The molecule has 2 aliphatic heterocycles. The number of hydrogen-bond acceptors (Lipinski definition) is 7. The van der Waals surface area contributed by atoms with Crippen molar-refractivity contribution in [3.05, 3.63) is 99.8 Å². The maximum Gasteiger partial charge on any atom is 0.417 e. The van der Waals surface area contributed by atoms with Gasteiger partial charge in [-0.25, -0.2) is 9.97 Å². The van der Waals surface area contributed by atoms with Crippen LogP contribution in [-0.2, 0) is 12.6 Å². The summed E-state index contributed by atoms with van der Waals surface area (Å²) in [7, 11) is 0. The molecule has 1 saturated heterocycles. The molecule has 6 rings (SSSR count). The van der Waals surface area contributed by atoms with Crippen molar-refractivity contribution in [2.75, 3.05) is 48.3 Å². The van der Waals surface area contributed by atoms with Gasteiger partial charge in [-0.3, -0.25) is 14.5 Å². The second-order valence-corrected chi connectivity index (χ2v) is 11.9. The van der Waals surface area contributed by atoms with E-state index in [2.05, 4.69) is 25.5 Å². The molecule has 1 fully saturated rings. The van der Waals surface area contributed by atoms with E-state index in [0.717, 1.165) is 42.7 Å². The van der Waals surface area contributed by atoms with Gasteiger partial charge >= 0.3 is 6.18 Å². The Morgan fingerprint density at radius 3 is 2.49 bits per heavy atom. The zero-order valence-corrected chi connectivity index (χ0v) is 26.3. The predicted molar refractivity (Wildman–Crippen MR) is 174 cm³/mol. The van der Waals surface area contributed by atoms with Crippen LogP contribution in [0.5, 0.6) is 5.75 Å². The number of aromatic nitrogens is 2. The van der Waals surface area contributed by atoms with Gasteiger partial charge in [0.1, 0.15) is 12.4 Å². The fourth-order valence-electron chi connectivity index (χ4n) is 5.67. The van der Waals surface area contributed by atoms with Gasteiger partial charge in [-0.1, -0.05) is 17.7 Å². The van der Waals surface area contributed by atoms with Gasteiger partial charge in [0.2, 0.25) is 5.95 Å². The summed E-state index contributed by atoms with van der Waals surface area (Å²) in [5.74, 6) is 0.105. The molecule has 0 bridgehead atoms. The van der Waals surface area contributed by atoms with Crippen molar-refractivity contribution in [3.8, 4) is 5.75 Å². The molecule has 0 aliphatic carbocycles. The van der Waals surface area contributed by atoms with Crippen molar-refractivity contribution >= 4 is 46.4 Å². The standard InChI is InChI=1S/C34H32ClF3N6O3/c1-21-4-6-24(40-31(45)22-5-11-28(35)27(18-22)34(36,37)38)19-30(21)44-15-12-29-26(32(44)46)20-39-33(42-29)41-23-7-9-25(10-8-23)47-17-16-43-13-2-3-14-43/h4-11,18-20H,2-3,12-17H2,1H3,(H,40,45)(H,39,41,42). The van der Waals surface area contributed by atoms with Gasteiger partial charge in [-0.15, -0.1) is 0 Å². The topological polar surface area (TPSA) is 99.7 Å². The second-order valence-electron chi connectivity index (χ2n) is 11.5. The third-order valence-electron chi connectivity index (χ3n) is 8.19. The number of carbonyl (C=O) groups is 2. The second kappa shape index (κ2) is 13.6. The van der Waals surface area contributed by atoms with Crippen molar-refractivity contribution in [2.45, 2.75) is 32.4 Å². The number of nitrogens with zero attached hydrogens (tertiary/aromatic N) is 4. The molecule has 3 heterocycles. The zero-order valence-electron chi connectivity index (χ0n) is 25.5. The molecule has 0 radical (unpaired) electrons. The maximum atomic E-state index is 13.6. The Balaban J connectivity index is 1.10. The summed E-state index contributed by atoms with van der Waals surface area (Å²) in [5.41, 5.74) is 2.09. The molecule has 1 aromatic heterocycles. The predicted octanol–water partition coefficient (Wildman–Crippen LogP) is 7.13. The van der Waals surface area contributed by atoms with E-state index in [1.54, 1.807) is 23.1 Å². The molecular weight excluding hydrogens is 633 g/mol. The van der Waals surface area contributed by atoms with Crippen LogP contribution in [0.3, 0.4) is 0 Å². The minimum atomic E-state index is -4.71. The molecule has 3 aromatic carbocycles. The number of alkyl halides is 3. The smallest absolute Gasteiger partial charge is 0.417 e. The molecular formula is C34H32ClF3N6O3. The van der Waals surface area contributed by atoms with E-state index >= 15 is 0 Å². The van der Waals surface area contributed by atoms with Crippen LogP contribution in [-0.4, -0.2) is 59.5 Å². The number of anilines is 4. The normalized spacial score (nSPS) is 15.0. The number of halogens is 4. The molecule has 0 unspecified atom stereocenters. The summed E-state index contributed by atoms with van der Waals surface area (Å²) < 4.78 is 45.8. The lowest BCUT2D eigenvalue weighted by Crippen LogP contribution is -2.38. The summed E-state index contributed by atoms with van der Waals surface area (Å²) >= 11 is 5.69. The molecule has 9 nitrogen and oxygen atoms in total. The van der Waals surface area contributed by atoms with E-state index in [9.17, 15) is 22.8 Å². The highest BCUT2D eigenvalue weighted by atomic mass is 35.5. The van der Waals surface area contributed by atoms with Crippen LogP contribution in [0, 0.1) is 6.92 Å². The monoisotopic (exact) mass is 664 g/mol. The van der Waals surface area contributed by atoms with Crippen LogP contribution in [0.25, 0.3) is 0 Å². The highest BCUT2D eigenvalue weighted by Crippen LogP contribution is 2.35. The van der Waals surface area contributed by atoms with Gasteiger partial charge < -0.3 is 20.3 Å². The summed E-state index contributed by atoms with van der Waals surface area (Å²) in [4.78, 5) is 39.4. The van der Waals surface area contributed by atoms with E-state index in [4.69, 9.17) is 16.3 Å². The van der Waals surface area contributed by atoms with Crippen molar-refractivity contribution in [3.63, 3.8) is 0 Å². The number of likely N-dealkylation sites (tertiary alicyclic amines) is 1. The fourth-order valence-corrected chi connectivity index (χ4v) is 5.89. The highest BCUT2D eigenvalue weighted by molar-refractivity contribution is 6.31. The Morgan fingerprint density at radius 1 is 1.00 bits per heavy atom. The number of carbonyl (C=O) groups excluding carboxylic acids is 2. The average molecular weight is 665 g/mol. The van der Waals surface area contributed by atoms with Gasteiger partial charge in [0, 0.05) is 48.3 Å². The molecule has 2 amide bonds. The molecule has 2 N–H and O–H groups in total. The van der Waals surface area contributed by atoms with E-state index in [1.165, 1.54) is 25.1 Å². The Labute approximate surface area is 274 Å². The molecule has 0 saturated carbocycles. The SMILES string of the molecule is Cc1ccc(NC(=O)c2ccc(Cl)c(C(F)(F)F)c2)cc1N1CCc2nc(Nc3ccc(OCCN4CCCC4)cc3)ncc2C1=O. The molecule has 0 atom stereocenters. The van der Waals surface area contributed by atoms with Crippen LogP contribution < -0.4 is 20.3 Å². The largest absolute Gasteiger partial charge is 0.492 e. The zero-order chi connectivity index (χ0) is 33.1. The van der Waals surface area contributed by atoms with Crippen molar-refractivity contribution in [2.24, 2.45) is 0 Å². The Kier molecular flexibility index (Phi) is 9.33. The van der Waals surface area contributed by atoms with Crippen LogP contribution in [0.2, 0.25) is 5.02 Å². The summed E-state index contributed by atoms with van der Waals surface area (Å²) in [6.45, 7) is 5.98. The van der Waals surface area contributed by atoms with Crippen LogP contribution in [0.1, 0.15) is 50.4 Å². The number of fused-ring (bicyclic) bond motifs is 1. The number of nitrogens with one attached hydrogen (secondary N) is 2. The lowest BCUT2D eigenvalue weighted by Gasteiger charge is -2.29. The molecule has 13 heteroatoms.